The van der Waals surface area contributed by atoms with E-state index >= 15 is 0 Å². The molecule has 5 heteroatoms. The molecule has 21 heavy (non-hydrogen) atoms. The summed E-state index contributed by atoms with van der Waals surface area (Å²) in [6.07, 6.45) is 2.14. The predicted octanol–water partition coefficient (Wildman–Crippen LogP) is 3.94. The number of anilines is 1. The number of hydrogen-bond donors (Lipinski definition) is 1. The molecule has 1 aromatic carbocycles. The van der Waals surface area contributed by atoms with Crippen LogP contribution in [-0.4, -0.2) is 16.5 Å². The average Bonchev–Trinajstić information content (AvgIpc) is 2.92. The number of methoxy groups -OCH3 is 1. The van der Waals surface area contributed by atoms with Crippen LogP contribution in [0.4, 0.5) is 5.69 Å². The lowest BCUT2D eigenvalue weighted by molar-refractivity contribution is 0.416. The fraction of sp³-hybridized carbons (Fsp3) is 0.312. The van der Waals surface area contributed by atoms with Gasteiger partial charge in [0, 0.05) is 11.1 Å². The molecule has 0 bridgehead atoms. The van der Waals surface area contributed by atoms with Gasteiger partial charge in [-0.2, -0.15) is 0 Å². The molecule has 3 aromatic rings. The summed E-state index contributed by atoms with van der Waals surface area (Å²) in [6, 6.07) is 6.14. The molecule has 0 radical (unpaired) electrons. The van der Waals surface area contributed by atoms with E-state index in [0.717, 1.165) is 28.6 Å². The van der Waals surface area contributed by atoms with E-state index < -0.39 is 0 Å². The summed E-state index contributed by atoms with van der Waals surface area (Å²) in [4.78, 5) is 6.94. The van der Waals surface area contributed by atoms with Crippen molar-refractivity contribution >= 4 is 22.0 Å². The first kappa shape index (κ1) is 13.9. The van der Waals surface area contributed by atoms with Crippen LogP contribution in [0.15, 0.2) is 24.4 Å². The summed E-state index contributed by atoms with van der Waals surface area (Å²) in [5.41, 5.74) is 4.48. The number of rotatable bonds is 4. The summed E-state index contributed by atoms with van der Waals surface area (Å²) < 4.78 is 7.58. The van der Waals surface area contributed by atoms with Crippen molar-refractivity contribution in [3.05, 3.63) is 46.2 Å². The monoisotopic (exact) mass is 301 g/mol. The minimum Gasteiger partial charge on any atom is -0.495 e. The molecule has 0 unspecified atom stereocenters. The smallest absolute Gasteiger partial charge is 0.194 e. The third-order valence-electron chi connectivity index (χ3n) is 3.54. The molecule has 0 saturated heterocycles. The van der Waals surface area contributed by atoms with E-state index in [1.54, 1.807) is 18.4 Å². The van der Waals surface area contributed by atoms with Gasteiger partial charge in [0.1, 0.15) is 5.75 Å². The summed E-state index contributed by atoms with van der Waals surface area (Å²) in [6.45, 7) is 6.97. The third kappa shape index (κ3) is 2.61. The molecule has 4 nitrogen and oxygen atoms in total. The zero-order chi connectivity index (χ0) is 15.0. The number of fused-ring (bicyclic) bond motifs is 1. The molecular weight excluding hydrogens is 282 g/mol. The maximum atomic E-state index is 5.41. The lowest BCUT2D eigenvalue weighted by Gasteiger charge is -2.12. The molecule has 0 aliphatic carbocycles. The lowest BCUT2D eigenvalue weighted by atomic mass is 10.2. The van der Waals surface area contributed by atoms with Crippen LogP contribution in [0.1, 0.15) is 21.8 Å². The Balaban J connectivity index is 1.89. The van der Waals surface area contributed by atoms with Gasteiger partial charge in [0.05, 0.1) is 30.7 Å². The van der Waals surface area contributed by atoms with Crippen LogP contribution in [0.3, 0.4) is 0 Å². The molecule has 0 spiro atoms. The van der Waals surface area contributed by atoms with Crippen molar-refractivity contribution in [2.45, 2.75) is 27.3 Å². The first-order chi connectivity index (χ1) is 10.1. The molecule has 0 fully saturated rings. The minimum absolute atomic E-state index is 0.725. The Morgan fingerprint density at radius 1 is 1.29 bits per heavy atom. The predicted molar refractivity (Wildman–Crippen MR) is 87.6 cm³/mol. The second-order valence-electron chi connectivity index (χ2n) is 5.20. The van der Waals surface area contributed by atoms with Crippen LogP contribution < -0.4 is 10.1 Å². The van der Waals surface area contributed by atoms with Gasteiger partial charge in [-0.05, 0) is 38.5 Å². The summed E-state index contributed by atoms with van der Waals surface area (Å²) in [5, 5.41) is 3.47. The third-order valence-corrected chi connectivity index (χ3v) is 4.44. The fourth-order valence-electron chi connectivity index (χ4n) is 2.46. The Hall–Kier alpha value is -2.01. The largest absolute Gasteiger partial charge is 0.495 e. The molecule has 0 aliphatic rings. The van der Waals surface area contributed by atoms with E-state index in [1.807, 2.05) is 6.07 Å². The molecule has 2 heterocycles. The first-order valence-corrected chi connectivity index (χ1v) is 7.72. The summed E-state index contributed by atoms with van der Waals surface area (Å²) in [7, 11) is 1.69. The number of imidazole rings is 1. The second kappa shape index (κ2) is 5.41. The Kier molecular flexibility index (Phi) is 3.59. The Morgan fingerprint density at radius 3 is 2.86 bits per heavy atom. The van der Waals surface area contributed by atoms with Gasteiger partial charge in [0.15, 0.2) is 4.96 Å². The highest BCUT2D eigenvalue weighted by atomic mass is 32.1. The second-order valence-corrected chi connectivity index (χ2v) is 6.41. The van der Waals surface area contributed by atoms with E-state index in [1.165, 1.54) is 16.1 Å². The van der Waals surface area contributed by atoms with Crippen LogP contribution in [-0.2, 0) is 6.54 Å². The van der Waals surface area contributed by atoms with Gasteiger partial charge in [0.2, 0.25) is 0 Å². The van der Waals surface area contributed by atoms with Crippen molar-refractivity contribution in [2.24, 2.45) is 0 Å². The van der Waals surface area contributed by atoms with Crippen molar-refractivity contribution in [2.75, 3.05) is 12.4 Å². The Bertz CT molecular complexity index is 788. The zero-order valence-electron chi connectivity index (χ0n) is 12.7. The SMILES string of the molecule is COc1ccc(C)cc1NCc1c(C)nc2sc(C)cn12. The number of nitrogens with zero attached hydrogens (tertiary/aromatic N) is 2. The molecule has 1 N–H and O–H groups in total. The van der Waals surface area contributed by atoms with E-state index in [0.29, 0.717) is 0 Å². The van der Waals surface area contributed by atoms with Gasteiger partial charge >= 0.3 is 0 Å². The van der Waals surface area contributed by atoms with E-state index in [9.17, 15) is 0 Å². The number of thiazole rings is 1. The molecule has 3 rings (SSSR count). The van der Waals surface area contributed by atoms with E-state index in [2.05, 4.69) is 53.8 Å². The topological polar surface area (TPSA) is 38.6 Å². The normalized spacial score (nSPS) is 11.0. The molecule has 0 aliphatic heterocycles. The van der Waals surface area contributed by atoms with E-state index in [4.69, 9.17) is 4.74 Å². The van der Waals surface area contributed by atoms with Crippen LogP contribution in [0.2, 0.25) is 0 Å². The number of aryl methyl sites for hydroxylation is 3. The minimum atomic E-state index is 0.725. The van der Waals surface area contributed by atoms with Gasteiger partial charge in [0.25, 0.3) is 0 Å². The Morgan fingerprint density at radius 2 is 2.10 bits per heavy atom. The van der Waals surface area contributed by atoms with Crippen LogP contribution in [0.5, 0.6) is 5.75 Å². The van der Waals surface area contributed by atoms with Crippen LogP contribution in [0, 0.1) is 20.8 Å². The number of ether oxygens (including phenoxy) is 1. The number of aromatic nitrogens is 2. The summed E-state index contributed by atoms with van der Waals surface area (Å²) in [5.74, 6) is 0.862. The standard InChI is InChI=1S/C16H19N3OS/c1-10-5-6-15(20-4)13(7-10)17-8-14-12(3)18-16-19(14)9-11(2)21-16/h5-7,9,17H,8H2,1-4H3. The van der Waals surface area contributed by atoms with Gasteiger partial charge < -0.3 is 10.1 Å². The van der Waals surface area contributed by atoms with Gasteiger partial charge in [-0.15, -0.1) is 11.3 Å². The highest BCUT2D eigenvalue weighted by Crippen LogP contribution is 2.27. The van der Waals surface area contributed by atoms with Crippen molar-refractivity contribution < 1.29 is 4.74 Å². The van der Waals surface area contributed by atoms with Crippen molar-refractivity contribution in [1.29, 1.82) is 0 Å². The van der Waals surface area contributed by atoms with Crippen LogP contribution in [0.25, 0.3) is 4.96 Å². The van der Waals surface area contributed by atoms with Gasteiger partial charge in [-0.25, -0.2) is 4.98 Å². The van der Waals surface area contributed by atoms with Crippen molar-refractivity contribution in [1.82, 2.24) is 9.38 Å². The van der Waals surface area contributed by atoms with Gasteiger partial charge in [-0.1, -0.05) is 6.07 Å². The molecular formula is C16H19N3OS. The van der Waals surface area contributed by atoms with Crippen molar-refractivity contribution in [3.8, 4) is 5.75 Å². The van der Waals surface area contributed by atoms with E-state index in [-0.39, 0.29) is 0 Å². The number of nitrogens with one attached hydrogen (secondary N) is 1. The lowest BCUT2D eigenvalue weighted by Crippen LogP contribution is -2.05. The Labute approximate surface area is 128 Å². The maximum absolute atomic E-state index is 5.41. The number of hydrogen-bond acceptors (Lipinski definition) is 4. The molecule has 0 atom stereocenters. The fourth-order valence-corrected chi connectivity index (χ4v) is 3.35. The van der Waals surface area contributed by atoms with Crippen molar-refractivity contribution in [3.63, 3.8) is 0 Å². The summed E-state index contributed by atoms with van der Waals surface area (Å²) >= 11 is 1.72. The molecule has 0 saturated carbocycles. The number of benzene rings is 1. The first-order valence-electron chi connectivity index (χ1n) is 6.91. The maximum Gasteiger partial charge on any atom is 0.194 e. The quantitative estimate of drug-likeness (QED) is 0.793. The van der Waals surface area contributed by atoms with Gasteiger partial charge in [-0.3, -0.25) is 4.40 Å². The average molecular weight is 301 g/mol. The zero-order valence-corrected chi connectivity index (χ0v) is 13.5. The molecule has 0 amide bonds. The highest BCUT2D eigenvalue weighted by molar-refractivity contribution is 7.17. The molecule has 110 valence electrons. The molecule has 2 aromatic heterocycles. The highest BCUT2D eigenvalue weighted by Gasteiger charge is 2.11. The van der Waals surface area contributed by atoms with Crippen LogP contribution >= 0.6 is 11.3 Å².